The molecular weight excluding hydrogens is 572 g/mol. The molecule has 2 aromatic rings. The SMILES string of the molecule is COC(=O)C1=C(C)NC(C)=C(C(=O)OC)C1c1cc([N+](=O)[O-])ccc1OC/C=C/CNCC(O)COc1ccccc1C#N. The first-order valence-corrected chi connectivity index (χ1v) is 13.5. The summed E-state index contributed by atoms with van der Waals surface area (Å²) in [5, 5.41) is 37.0. The number of carbonyl (C=O) groups excluding carboxylic acids is 2. The van der Waals surface area contributed by atoms with E-state index >= 15 is 0 Å². The van der Waals surface area contributed by atoms with Crippen LogP contribution in [0.4, 0.5) is 5.69 Å². The molecule has 13 nitrogen and oxygen atoms in total. The van der Waals surface area contributed by atoms with E-state index in [0.29, 0.717) is 29.3 Å². The Kier molecular flexibility index (Phi) is 12.0. The van der Waals surface area contributed by atoms with Crippen molar-refractivity contribution in [1.82, 2.24) is 10.6 Å². The minimum atomic E-state index is -1.07. The first kappa shape index (κ1) is 33.3. The van der Waals surface area contributed by atoms with Gasteiger partial charge in [0.05, 0.1) is 41.8 Å². The monoisotopic (exact) mass is 606 g/mol. The Bertz CT molecular complexity index is 1490. The lowest BCUT2D eigenvalue weighted by atomic mass is 9.80. The number of hydrogen-bond acceptors (Lipinski definition) is 12. The van der Waals surface area contributed by atoms with E-state index in [0.717, 1.165) is 0 Å². The zero-order valence-electron chi connectivity index (χ0n) is 24.8. The highest BCUT2D eigenvalue weighted by Gasteiger charge is 2.39. The number of aliphatic hydroxyl groups excluding tert-OH is 1. The van der Waals surface area contributed by atoms with Gasteiger partial charge in [0.2, 0.25) is 0 Å². The average Bonchev–Trinajstić information content (AvgIpc) is 3.02. The molecule has 0 aromatic heterocycles. The number of methoxy groups -OCH3 is 2. The fourth-order valence-corrected chi connectivity index (χ4v) is 4.62. The van der Waals surface area contributed by atoms with Gasteiger partial charge in [-0.15, -0.1) is 0 Å². The van der Waals surface area contributed by atoms with E-state index in [1.165, 1.54) is 32.4 Å². The van der Waals surface area contributed by atoms with Gasteiger partial charge in [-0.2, -0.15) is 5.26 Å². The second-order valence-corrected chi connectivity index (χ2v) is 9.61. The van der Waals surface area contributed by atoms with Crippen LogP contribution in [0.5, 0.6) is 11.5 Å². The highest BCUT2D eigenvalue weighted by Crippen LogP contribution is 2.44. The summed E-state index contributed by atoms with van der Waals surface area (Å²) >= 11 is 0. The lowest BCUT2D eigenvalue weighted by molar-refractivity contribution is -0.384. The number of allylic oxidation sites excluding steroid dienone is 2. The molecule has 0 radical (unpaired) electrons. The number of rotatable bonds is 14. The molecule has 1 unspecified atom stereocenters. The van der Waals surface area contributed by atoms with Crippen LogP contribution in [-0.2, 0) is 19.1 Å². The van der Waals surface area contributed by atoms with Crippen molar-refractivity contribution in [2.24, 2.45) is 0 Å². The largest absolute Gasteiger partial charge is 0.489 e. The standard InChI is InChI=1S/C31H34N4O9/c1-19-27(30(37)41-3)29(28(20(2)34-19)31(38)42-4)24-15-22(35(39)40)11-12-26(24)43-14-8-7-13-33-17-23(36)18-44-25-10-6-5-9-21(25)16-32/h5-12,15,23,29,33-34,36H,13-14,17-18H2,1-4H3/b8-7+. The molecule has 0 bridgehead atoms. The van der Waals surface area contributed by atoms with Crippen molar-refractivity contribution in [3.05, 3.63) is 98.4 Å². The van der Waals surface area contributed by atoms with E-state index < -0.39 is 28.9 Å². The number of nitrogens with zero attached hydrogens (tertiary/aromatic N) is 2. The molecule has 232 valence electrons. The molecule has 0 amide bonds. The lowest BCUT2D eigenvalue weighted by Gasteiger charge is -2.30. The van der Waals surface area contributed by atoms with E-state index in [1.807, 2.05) is 6.07 Å². The molecule has 0 saturated heterocycles. The number of dihydropyridines is 1. The average molecular weight is 607 g/mol. The van der Waals surface area contributed by atoms with Gasteiger partial charge in [-0.05, 0) is 32.0 Å². The van der Waals surface area contributed by atoms with Crippen molar-refractivity contribution < 1.29 is 38.6 Å². The predicted molar refractivity (Wildman–Crippen MR) is 159 cm³/mol. The Morgan fingerprint density at radius 3 is 2.34 bits per heavy atom. The number of non-ortho nitro benzene ring substituents is 1. The second-order valence-electron chi connectivity index (χ2n) is 9.61. The number of benzene rings is 2. The molecule has 0 fully saturated rings. The van der Waals surface area contributed by atoms with Gasteiger partial charge in [-0.3, -0.25) is 10.1 Å². The maximum Gasteiger partial charge on any atom is 0.336 e. The van der Waals surface area contributed by atoms with Crippen LogP contribution in [0, 0.1) is 21.4 Å². The highest BCUT2D eigenvalue weighted by molar-refractivity contribution is 6.00. The molecule has 0 saturated carbocycles. The molecule has 44 heavy (non-hydrogen) atoms. The Labute approximate surface area is 254 Å². The summed E-state index contributed by atoms with van der Waals surface area (Å²) in [6, 6.07) is 12.7. The highest BCUT2D eigenvalue weighted by atomic mass is 16.6. The number of aliphatic hydroxyl groups is 1. The first-order valence-electron chi connectivity index (χ1n) is 13.5. The maximum atomic E-state index is 12.9. The molecule has 0 aliphatic carbocycles. The third-order valence-electron chi connectivity index (χ3n) is 6.67. The van der Waals surface area contributed by atoms with E-state index in [2.05, 4.69) is 10.6 Å². The Morgan fingerprint density at radius 1 is 1.07 bits per heavy atom. The molecule has 13 heteroatoms. The van der Waals surface area contributed by atoms with E-state index in [9.17, 15) is 24.8 Å². The normalized spacial score (nSPS) is 14.1. The molecule has 3 N–H and O–H groups in total. The molecule has 2 aromatic carbocycles. The fourth-order valence-electron chi connectivity index (χ4n) is 4.62. The van der Waals surface area contributed by atoms with Crippen LogP contribution >= 0.6 is 0 Å². The van der Waals surface area contributed by atoms with Gasteiger partial charge in [0.15, 0.2) is 0 Å². The lowest BCUT2D eigenvalue weighted by Crippen LogP contribution is -2.32. The van der Waals surface area contributed by atoms with Gasteiger partial charge in [-0.1, -0.05) is 24.3 Å². The number of ether oxygens (including phenoxy) is 4. The van der Waals surface area contributed by atoms with Crippen LogP contribution in [-0.4, -0.2) is 68.6 Å². The maximum absolute atomic E-state index is 12.9. The van der Waals surface area contributed by atoms with E-state index in [-0.39, 0.29) is 47.9 Å². The van der Waals surface area contributed by atoms with Crippen molar-refractivity contribution in [2.75, 3.05) is 40.5 Å². The summed E-state index contributed by atoms with van der Waals surface area (Å²) in [5.74, 6) is -1.90. The minimum absolute atomic E-state index is 0.00108. The van der Waals surface area contributed by atoms with E-state index in [1.54, 1.807) is 50.3 Å². The van der Waals surface area contributed by atoms with Gasteiger partial charge in [-0.25, -0.2) is 9.59 Å². The molecule has 1 aliphatic rings. The van der Waals surface area contributed by atoms with Crippen LogP contribution in [0.15, 0.2) is 77.2 Å². The van der Waals surface area contributed by atoms with Crippen LogP contribution in [0.2, 0.25) is 0 Å². The Hall–Kier alpha value is -5.19. The fraction of sp³-hybridized carbons (Fsp3) is 0.323. The first-order chi connectivity index (χ1) is 21.1. The van der Waals surface area contributed by atoms with Gasteiger partial charge < -0.3 is 34.7 Å². The number of esters is 2. The molecule has 0 spiro atoms. The van der Waals surface area contributed by atoms with Crippen molar-refractivity contribution >= 4 is 17.6 Å². The summed E-state index contributed by atoms with van der Waals surface area (Å²) in [6.07, 6.45) is 2.65. The summed E-state index contributed by atoms with van der Waals surface area (Å²) in [4.78, 5) is 36.8. The van der Waals surface area contributed by atoms with Gasteiger partial charge in [0, 0.05) is 42.2 Å². The summed E-state index contributed by atoms with van der Waals surface area (Å²) in [5.41, 5.74) is 1.34. The van der Waals surface area contributed by atoms with Gasteiger partial charge in [0.25, 0.3) is 5.69 Å². The number of nitro groups is 1. The topological polar surface area (TPSA) is 182 Å². The molecular formula is C31H34N4O9. The van der Waals surface area contributed by atoms with Gasteiger partial charge >= 0.3 is 11.9 Å². The number of nitro benzene ring substituents is 1. The van der Waals surface area contributed by atoms with Crippen molar-refractivity contribution in [2.45, 2.75) is 25.9 Å². The zero-order valence-corrected chi connectivity index (χ0v) is 24.8. The number of para-hydroxylation sites is 1. The number of nitriles is 1. The number of nitrogens with one attached hydrogen (secondary N) is 2. The van der Waals surface area contributed by atoms with Crippen LogP contribution in [0.1, 0.15) is 30.9 Å². The zero-order chi connectivity index (χ0) is 32.2. The summed E-state index contributed by atoms with van der Waals surface area (Å²) in [7, 11) is 2.40. The summed E-state index contributed by atoms with van der Waals surface area (Å²) < 4.78 is 21.5. The van der Waals surface area contributed by atoms with Crippen LogP contribution in [0.25, 0.3) is 0 Å². The van der Waals surface area contributed by atoms with Crippen LogP contribution < -0.4 is 20.1 Å². The third kappa shape index (κ3) is 8.21. The van der Waals surface area contributed by atoms with Crippen molar-refractivity contribution in [3.63, 3.8) is 0 Å². The quantitative estimate of drug-likeness (QED) is 0.0941. The number of carbonyl (C=O) groups is 2. The Balaban J connectivity index is 1.71. The molecule has 1 aliphatic heterocycles. The number of hydrogen-bond donors (Lipinski definition) is 3. The second kappa shape index (κ2) is 15.9. The van der Waals surface area contributed by atoms with E-state index in [4.69, 9.17) is 24.2 Å². The predicted octanol–water partition coefficient (Wildman–Crippen LogP) is 3.01. The van der Waals surface area contributed by atoms with Crippen molar-refractivity contribution in [1.29, 1.82) is 5.26 Å². The summed E-state index contributed by atoms with van der Waals surface area (Å²) in [6.45, 7) is 3.95. The smallest absolute Gasteiger partial charge is 0.336 e. The molecule has 1 atom stereocenters. The Morgan fingerprint density at radius 2 is 1.73 bits per heavy atom. The third-order valence-corrected chi connectivity index (χ3v) is 6.67. The van der Waals surface area contributed by atoms with Crippen molar-refractivity contribution in [3.8, 4) is 17.6 Å². The van der Waals surface area contributed by atoms with Crippen LogP contribution in [0.3, 0.4) is 0 Å². The molecule has 1 heterocycles. The van der Waals surface area contributed by atoms with Gasteiger partial charge in [0.1, 0.15) is 36.9 Å². The molecule has 3 rings (SSSR count). The minimum Gasteiger partial charge on any atom is -0.489 e.